The smallest absolute Gasteiger partial charge is 0.331 e. The van der Waals surface area contributed by atoms with E-state index >= 15 is 0 Å². The van der Waals surface area contributed by atoms with Crippen LogP contribution in [0.4, 0.5) is 0 Å². The quantitative estimate of drug-likeness (QED) is 0.881. The predicted octanol–water partition coefficient (Wildman–Crippen LogP) is 0.633. The standard InChI is InChI=1S/C15H19N3O3/c1-17-13-9-11(21-2)3-4-12(13)14(19)18(15(17)20)10-5-7-16-8-6-10/h3-4,9-10,16H,5-8H2,1-2H3. The minimum absolute atomic E-state index is 0.0241. The maximum absolute atomic E-state index is 12.7. The summed E-state index contributed by atoms with van der Waals surface area (Å²) in [5.41, 5.74) is 0.143. The van der Waals surface area contributed by atoms with Gasteiger partial charge in [-0.15, -0.1) is 0 Å². The van der Waals surface area contributed by atoms with Gasteiger partial charge in [0.2, 0.25) is 0 Å². The highest BCUT2D eigenvalue weighted by Gasteiger charge is 2.21. The maximum atomic E-state index is 12.7. The topological polar surface area (TPSA) is 65.3 Å². The Bertz CT molecular complexity index is 785. The Morgan fingerprint density at radius 2 is 1.95 bits per heavy atom. The van der Waals surface area contributed by atoms with Crippen molar-refractivity contribution in [2.45, 2.75) is 18.9 Å². The number of hydrogen-bond donors (Lipinski definition) is 1. The van der Waals surface area contributed by atoms with E-state index in [2.05, 4.69) is 5.32 Å². The number of methoxy groups -OCH3 is 1. The lowest BCUT2D eigenvalue weighted by molar-refractivity contribution is 0.347. The molecular formula is C15H19N3O3. The molecule has 0 aliphatic carbocycles. The Morgan fingerprint density at radius 1 is 1.24 bits per heavy atom. The summed E-state index contributed by atoms with van der Waals surface area (Å²) >= 11 is 0. The average Bonchev–Trinajstić information content (AvgIpc) is 2.53. The molecule has 2 heterocycles. The van der Waals surface area contributed by atoms with Gasteiger partial charge in [0.1, 0.15) is 5.75 Å². The minimum Gasteiger partial charge on any atom is -0.497 e. The Morgan fingerprint density at radius 3 is 2.62 bits per heavy atom. The van der Waals surface area contributed by atoms with Crippen LogP contribution in [0.15, 0.2) is 27.8 Å². The summed E-state index contributed by atoms with van der Waals surface area (Å²) in [7, 11) is 3.26. The van der Waals surface area contributed by atoms with E-state index in [1.54, 1.807) is 32.4 Å². The van der Waals surface area contributed by atoms with Crippen molar-refractivity contribution in [3.05, 3.63) is 39.0 Å². The van der Waals surface area contributed by atoms with Gasteiger partial charge in [0, 0.05) is 19.2 Å². The van der Waals surface area contributed by atoms with E-state index in [4.69, 9.17) is 4.74 Å². The van der Waals surface area contributed by atoms with Crippen molar-refractivity contribution in [1.82, 2.24) is 14.5 Å². The number of aromatic nitrogens is 2. The molecule has 0 unspecified atom stereocenters. The number of benzene rings is 1. The third kappa shape index (κ3) is 2.25. The first-order valence-corrected chi connectivity index (χ1v) is 7.13. The number of ether oxygens (including phenoxy) is 1. The highest BCUT2D eigenvalue weighted by Crippen LogP contribution is 2.19. The van der Waals surface area contributed by atoms with Crippen LogP contribution in [0.1, 0.15) is 18.9 Å². The SMILES string of the molecule is COc1ccc2c(=O)n(C3CCNCC3)c(=O)n(C)c2c1. The van der Waals surface area contributed by atoms with Crippen molar-refractivity contribution in [3.63, 3.8) is 0 Å². The number of nitrogens with one attached hydrogen (secondary N) is 1. The van der Waals surface area contributed by atoms with Crippen LogP contribution in [0.25, 0.3) is 10.9 Å². The van der Waals surface area contributed by atoms with Crippen LogP contribution >= 0.6 is 0 Å². The van der Waals surface area contributed by atoms with Crippen LogP contribution in [0, 0.1) is 0 Å². The minimum atomic E-state index is -0.257. The molecule has 6 nitrogen and oxygen atoms in total. The molecule has 1 aliphatic heterocycles. The molecule has 1 aliphatic rings. The summed E-state index contributed by atoms with van der Waals surface area (Å²) in [6, 6.07) is 5.18. The van der Waals surface area contributed by atoms with Gasteiger partial charge in [-0.3, -0.25) is 13.9 Å². The summed E-state index contributed by atoms with van der Waals surface area (Å²) in [5.74, 6) is 0.636. The molecule has 0 radical (unpaired) electrons. The Labute approximate surface area is 122 Å². The first kappa shape index (κ1) is 13.9. The number of piperidine rings is 1. The Hall–Kier alpha value is -2.08. The van der Waals surface area contributed by atoms with Crippen LogP contribution in [0.5, 0.6) is 5.75 Å². The highest BCUT2D eigenvalue weighted by molar-refractivity contribution is 5.79. The van der Waals surface area contributed by atoms with Gasteiger partial charge in [-0.05, 0) is 38.1 Å². The van der Waals surface area contributed by atoms with Crippen LogP contribution < -0.4 is 21.3 Å². The number of nitrogens with zero attached hydrogens (tertiary/aromatic N) is 2. The maximum Gasteiger partial charge on any atom is 0.331 e. The van der Waals surface area contributed by atoms with E-state index in [0.29, 0.717) is 16.7 Å². The summed E-state index contributed by atoms with van der Waals surface area (Å²) < 4.78 is 8.11. The zero-order chi connectivity index (χ0) is 15.0. The van der Waals surface area contributed by atoms with Gasteiger partial charge in [-0.25, -0.2) is 4.79 Å². The second kappa shape index (κ2) is 5.37. The first-order valence-electron chi connectivity index (χ1n) is 7.13. The fraction of sp³-hybridized carbons (Fsp3) is 0.467. The highest BCUT2D eigenvalue weighted by atomic mass is 16.5. The molecule has 3 rings (SSSR count). The van der Waals surface area contributed by atoms with E-state index in [-0.39, 0.29) is 17.3 Å². The summed E-state index contributed by atoms with van der Waals surface area (Å²) in [6.07, 6.45) is 1.60. The first-order chi connectivity index (χ1) is 10.1. The third-order valence-electron chi connectivity index (χ3n) is 4.18. The van der Waals surface area contributed by atoms with Gasteiger partial charge in [0.15, 0.2) is 0 Å². The molecule has 0 amide bonds. The molecule has 1 N–H and O–H groups in total. The van der Waals surface area contributed by atoms with Gasteiger partial charge in [-0.1, -0.05) is 0 Å². The van der Waals surface area contributed by atoms with Crippen molar-refractivity contribution >= 4 is 10.9 Å². The van der Waals surface area contributed by atoms with Crippen molar-refractivity contribution in [1.29, 1.82) is 0 Å². The fourth-order valence-corrected chi connectivity index (χ4v) is 2.96. The number of aryl methyl sites for hydroxylation is 1. The van der Waals surface area contributed by atoms with Crippen LogP contribution in [-0.2, 0) is 7.05 Å². The second-order valence-corrected chi connectivity index (χ2v) is 5.38. The van der Waals surface area contributed by atoms with Crippen LogP contribution in [-0.4, -0.2) is 29.3 Å². The summed E-state index contributed by atoms with van der Waals surface area (Å²) in [6.45, 7) is 1.67. The summed E-state index contributed by atoms with van der Waals surface area (Å²) in [4.78, 5) is 25.3. The molecule has 112 valence electrons. The van der Waals surface area contributed by atoms with Crippen molar-refractivity contribution < 1.29 is 4.74 Å². The lowest BCUT2D eigenvalue weighted by Gasteiger charge is -2.25. The van der Waals surface area contributed by atoms with E-state index in [1.807, 2.05) is 0 Å². The normalized spacial score (nSPS) is 16.3. The molecule has 21 heavy (non-hydrogen) atoms. The van der Waals surface area contributed by atoms with Crippen molar-refractivity contribution in [2.24, 2.45) is 7.05 Å². The molecule has 6 heteroatoms. The number of rotatable bonds is 2. The molecule has 1 saturated heterocycles. The monoisotopic (exact) mass is 289 g/mol. The molecule has 0 atom stereocenters. The zero-order valence-electron chi connectivity index (χ0n) is 12.3. The van der Waals surface area contributed by atoms with Gasteiger partial charge in [0.25, 0.3) is 5.56 Å². The molecule has 1 aromatic heterocycles. The molecule has 0 spiro atoms. The van der Waals surface area contributed by atoms with Gasteiger partial charge >= 0.3 is 5.69 Å². The van der Waals surface area contributed by atoms with E-state index in [0.717, 1.165) is 25.9 Å². The molecule has 0 saturated carbocycles. The van der Waals surface area contributed by atoms with Crippen molar-refractivity contribution in [2.75, 3.05) is 20.2 Å². The molecule has 2 aromatic rings. The van der Waals surface area contributed by atoms with E-state index in [1.165, 1.54) is 9.13 Å². The fourth-order valence-electron chi connectivity index (χ4n) is 2.96. The summed E-state index contributed by atoms with van der Waals surface area (Å²) in [5, 5.41) is 3.80. The largest absolute Gasteiger partial charge is 0.497 e. The Balaban J connectivity index is 2.27. The van der Waals surface area contributed by atoms with E-state index in [9.17, 15) is 9.59 Å². The third-order valence-corrected chi connectivity index (χ3v) is 4.18. The zero-order valence-corrected chi connectivity index (χ0v) is 12.3. The molecule has 1 aromatic carbocycles. The predicted molar refractivity (Wildman–Crippen MR) is 81.1 cm³/mol. The van der Waals surface area contributed by atoms with Gasteiger partial charge < -0.3 is 10.1 Å². The van der Waals surface area contributed by atoms with Crippen LogP contribution in [0.2, 0.25) is 0 Å². The van der Waals surface area contributed by atoms with Crippen LogP contribution in [0.3, 0.4) is 0 Å². The van der Waals surface area contributed by atoms with Gasteiger partial charge in [0.05, 0.1) is 18.0 Å². The second-order valence-electron chi connectivity index (χ2n) is 5.38. The lowest BCUT2D eigenvalue weighted by atomic mass is 10.1. The number of fused-ring (bicyclic) bond motifs is 1. The number of hydrogen-bond acceptors (Lipinski definition) is 4. The van der Waals surface area contributed by atoms with Gasteiger partial charge in [-0.2, -0.15) is 0 Å². The van der Waals surface area contributed by atoms with Crippen molar-refractivity contribution in [3.8, 4) is 5.75 Å². The Kier molecular flexibility index (Phi) is 3.55. The molecular weight excluding hydrogens is 270 g/mol. The lowest BCUT2D eigenvalue weighted by Crippen LogP contribution is -2.44. The average molecular weight is 289 g/mol. The molecule has 1 fully saturated rings. The molecule has 0 bridgehead atoms. The van der Waals surface area contributed by atoms with E-state index < -0.39 is 0 Å².